The lowest BCUT2D eigenvalue weighted by atomic mass is 10.2. The fourth-order valence-corrected chi connectivity index (χ4v) is 3.86. The second-order valence-corrected chi connectivity index (χ2v) is 6.96. The lowest BCUT2D eigenvalue weighted by Gasteiger charge is -2.24. The third-order valence-electron chi connectivity index (χ3n) is 5.03. The summed E-state index contributed by atoms with van der Waals surface area (Å²) in [5.41, 5.74) is 3.38. The minimum atomic E-state index is 0.322. The third kappa shape index (κ3) is 2.83. The first-order valence-corrected chi connectivity index (χ1v) is 9.04. The number of hydrogen-bond donors (Lipinski definition) is 0. The van der Waals surface area contributed by atoms with Crippen LogP contribution in [0.2, 0.25) is 5.02 Å². The van der Waals surface area contributed by atoms with Crippen LogP contribution in [0.1, 0.15) is 37.2 Å². The number of rotatable bonds is 4. The zero-order valence-corrected chi connectivity index (χ0v) is 14.7. The number of halogens is 1. The normalized spacial score (nSPS) is 16.8. The van der Waals surface area contributed by atoms with E-state index in [1.54, 1.807) is 0 Å². The highest BCUT2D eigenvalue weighted by Gasteiger charge is 2.24. The first-order valence-electron chi connectivity index (χ1n) is 8.66. The Morgan fingerprint density at radius 3 is 2.54 bits per heavy atom. The van der Waals surface area contributed by atoms with Gasteiger partial charge in [0.25, 0.3) is 0 Å². The maximum Gasteiger partial charge on any atom is 0.127 e. The highest BCUT2D eigenvalue weighted by Crippen LogP contribution is 2.29. The zero-order chi connectivity index (χ0) is 16.5. The van der Waals surface area contributed by atoms with E-state index in [9.17, 15) is 0 Å². The number of para-hydroxylation sites is 2. The van der Waals surface area contributed by atoms with Crippen LogP contribution < -0.4 is 0 Å². The number of benzene rings is 2. The molecule has 0 radical (unpaired) electrons. The number of aromatic nitrogens is 2. The van der Waals surface area contributed by atoms with Gasteiger partial charge in [-0.3, -0.25) is 4.90 Å². The van der Waals surface area contributed by atoms with Crippen LogP contribution >= 0.6 is 11.6 Å². The van der Waals surface area contributed by atoms with E-state index in [-0.39, 0.29) is 0 Å². The van der Waals surface area contributed by atoms with E-state index in [0.29, 0.717) is 6.04 Å². The van der Waals surface area contributed by atoms with Crippen LogP contribution in [-0.2, 0) is 6.54 Å². The Morgan fingerprint density at radius 1 is 1.04 bits per heavy atom. The summed E-state index contributed by atoms with van der Waals surface area (Å²) in [6, 6.07) is 16.8. The van der Waals surface area contributed by atoms with Crippen molar-refractivity contribution in [2.75, 3.05) is 13.1 Å². The van der Waals surface area contributed by atoms with Crippen LogP contribution in [0.25, 0.3) is 11.0 Å². The molecule has 0 bridgehead atoms. The van der Waals surface area contributed by atoms with Gasteiger partial charge >= 0.3 is 0 Å². The van der Waals surface area contributed by atoms with Crippen molar-refractivity contribution in [2.24, 2.45) is 0 Å². The molecule has 1 aromatic heterocycles. The number of hydrogen-bond acceptors (Lipinski definition) is 2. The molecule has 1 atom stereocenters. The fraction of sp³-hybridized carbons (Fsp3) is 0.350. The standard InChI is InChI=1S/C20H22ClN3/c1-15(23-12-6-7-13-23)20-22-18-10-4-5-11-19(18)24(20)14-16-8-2-3-9-17(16)21/h2-5,8-11,15H,6-7,12-14H2,1H3/t15-/m1/s1. The topological polar surface area (TPSA) is 21.1 Å². The van der Waals surface area contributed by atoms with Gasteiger partial charge in [0.05, 0.1) is 23.6 Å². The molecule has 0 spiro atoms. The lowest BCUT2D eigenvalue weighted by Crippen LogP contribution is -2.26. The Kier molecular flexibility index (Phi) is 4.30. The van der Waals surface area contributed by atoms with Crippen molar-refractivity contribution in [2.45, 2.75) is 32.4 Å². The smallest absolute Gasteiger partial charge is 0.127 e. The fourth-order valence-electron chi connectivity index (χ4n) is 3.67. The molecule has 0 unspecified atom stereocenters. The summed E-state index contributed by atoms with van der Waals surface area (Å²) in [5, 5.41) is 0.815. The van der Waals surface area contributed by atoms with Crippen LogP contribution in [0, 0.1) is 0 Å². The van der Waals surface area contributed by atoms with Gasteiger partial charge in [0.2, 0.25) is 0 Å². The number of imidazole rings is 1. The Bertz CT molecular complexity index is 849. The highest BCUT2D eigenvalue weighted by molar-refractivity contribution is 6.31. The van der Waals surface area contributed by atoms with Gasteiger partial charge in [-0.1, -0.05) is 41.9 Å². The van der Waals surface area contributed by atoms with Gasteiger partial charge in [0.15, 0.2) is 0 Å². The molecule has 0 aliphatic carbocycles. The largest absolute Gasteiger partial charge is 0.322 e. The zero-order valence-electron chi connectivity index (χ0n) is 14.0. The van der Waals surface area contributed by atoms with Gasteiger partial charge in [-0.25, -0.2) is 4.98 Å². The average Bonchev–Trinajstić information content (AvgIpc) is 3.25. The molecule has 2 heterocycles. The minimum Gasteiger partial charge on any atom is -0.322 e. The van der Waals surface area contributed by atoms with Gasteiger partial charge < -0.3 is 4.57 Å². The van der Waals surface area contributed by atoms with E-state index in [1.807, 2.05) is 18.2 Å². The molecule has 0 saturated carbocycles. The predicted octanol–water partition coefficient (Wildman–Crippen LogP) is 4.89. The summed E-state index contributed by atoms with van der Waals surface area (Å²) in [6.45, 7) is 5.36. The molecule has 1 fully saturated rings. The molecule has 0 N–H and O–H groups in total. The number of nitrogens with zero attached hydrogens (tertiary/aromatic N) is 3. The van der Waals surface area contributed by atoms with E-state index in [2.05, 4.69) is 46.7 Å². The summed E-state index contributed by atoms with van der Waals surface area (Å²) in [5.74, 6) is 1.14. The summed E-state index contributed by atoms with van der Waals surface area (Å²) < 4.78 is 2.33. The molecule has 4 rings (SSSR count). The van der Waals surface area contributed by atoms with Crippen molar-refractivity contribution in [1.29, 1.82) is 0 Å². The van der Waals surface area contributed by atoms with Crippen LogP contribution in [0.15, 0.2) is 48.5 Å². The van der Waals surface area contributed by atoms with E-state index in [1.165, 1.54) is 18.4 Å². The molecule has 3 nitrogen and oxygen atoms in total. The average molecular weight is 340 g/mol. The van der Waals surface area contributed by atoms with Crippen molar-refractivity contribution in [3.8, 4) is 0 Å². The lowest BCUT2D eigenvalue weighted by molar-refractivity contribution is 0.249. The summed E-state index contributed by atoms with van der Waals surface area (Å²) in [4.78, 5) is 7.49. The van der Waals surface area contributed by atoms with Crippen molar-refractivity contribution in [3.05, 3.63) is 64.9 Å². The van der Waals surface area contributed by atoms with Crippen molar-refractivity contribution in [3.63, 3.8) is 0 Å². The van der Waals surface area contributed by atoms with Crippen LogP contribution in [0.4, 0.5) is 0 Å². The summed E-state index contributed by atoms with van der Waals surface area (Å²) >= 11 is 6.41. The van der Waals surface area contributed by atoms with Gasteiger partial charge in [-0.15, -0.1) is 0 Å². The molecule has 1 aliphatic heterocycles. The number of likely N-dealkylation sites (tertiary alicyclic amines) is 1. The molecule has 3 aromatic rings. The van der Waals surface area contributed by atoms with Crippen LogP contribution in [0.5, 0.6) is 0 Å². The molecular weight excluding hydrogens is 318 g/mol. The predicted molar refractivity (Wildman–Crippen MR) is 99.5 cm³/mol. The Balaban J connectivity index is 1.79. The molecule has 1 saturated heterocycles. The number of fused-ring (bicyclic) bond motifs is 1. The molecule has 124 valence electrons. The Hall–Kier alpha value is -1.84. The maximum absolute atomic E-state index is 6.41. The van der Waals surface area contributed by atoms with Crippen molar-refractivity contribution < 1.29 is 0 Å². The maximum atomic E-state index is 6.41. The van der Waals surface area contributed by atoms with E-state index in [4.69, 9.17) is 16.6 Å². The second-order valence-electron chi connectivity index (χ2n) is 6.56. The van der Waals surface area contributed by atoms with Crippen LogP contribution in [0.3, 0.4) is 0 Å². The highest BCUT2D eigenvalue weighted by atomic mass is 35.5. The van der Waals surface area contributed by atoms with E-state index in [0.717, 1.165) is 41.6 Å². The second kappa shape index (κ2) is 6.58. The molecule has 0 amide bonds. The summed E-state index contributed by atoms with van der Waals surface area (Å²) in [7, 11) is 0. The van der Waals surface area contributed by atoms with E-state index < -0.39 is 0 Å². The van der Waals surface area contributed by atoms with Gasteiger partial charge in [0.1, 0.15) is 5.82 Å². The molecular formula is C20H22ClN3. The molecule has 1 aliphatic rings. The van der Waals surface area contributed by atoms with Crippen LogP contribution in [-0.4, -0.2) is 27.5 Å². The molecule has 24 heavy (non-hydrogen) atoms. The SMILES string of the molecule is C[C@H](c1nc2ccccc2n1Cc1ccccc1Cl)N1CCCC1. The van der Waals surface area contributed by atoms with Crippen molar-refractivity contribution >= 4 is 22.6 Å². The summed E-state index contributed by atoms with van der Waals surface area (Å²) in [6.07, 6.45) is 2.57. The van der Waals surface area contributed by atoms with E-state index >= 15 is 0 Å². The van der Waals surface area contributed by atoms with Gasteiger partial charge in [0, 0.05) is 5.02 Å². The van der Waals surface area contributed by atoms with Gasteiger partial charge in [-0.05, 0) is 56.6 Å². The monoisotopic (exact) mass is 339 g/mol. The molecule has 4 heteroatoms. The van der Waals surface area contributed by atoms with Crippen molar-refractivity contribution in [1.82, 2.24) is 14.5 Å². The molecule has 2 aromatic carbocycles. The third-order valence-corrected chi connectivity index (χ3v) is 5.40. The van der Waals surface area contributed by atoms with Gasteiger partial charge in [-0.2, -0.15) is 0 Å². The minimum absolute atomic E-state index is 0.322. The first-order chi connectivity index (χ1) is 11.7. The quantitative estimate of drug-likeness (QED) is 0.674. The first kappa shape index (κ1) is 15.7. The Morgan fingerprint density at radius 2 is 1.75 bits per heavy atom. The Labute approximate surface area is 147 Å².